The van der Waals surface area contributed by atoms with E-state index in [-0.39, 0.29) is 6.73 Å². The number of nitrogens with one attached hydrogen (secondary N) is 1. The molecule has 0 aromatic heterocycles. The summed E-state index contributed by atoms with van der Waals surface area (Å²) in [6.45, 7) is -0.0391. The van der Waals surface area contributed by atoms with Crippen LogP contribution in [-0.4, -0.2) is 11.8 Å². The van der Waals surface area contributed by atoms with Crippen LogP contribution in [-0.2, 0) is 0 Å². The van der Waals surface area contributed by atoms with Crippen LogP contribution in [0.2, 0.25) is 0 Å². The van der Waals surface area contributed by atoms with E-state index in [0.29, 0.717) is 0 Å². The summed E-state index contributed by atoms with van der Waals surface area (Å²) in [4.78, 5) is 0. The molecule has 3 heteroatoms. The zero-order valence-corrected chi connectivity index (χ0v) is 6.93. The Morgan fingerprint density at radius 3 is 2.70 bits per heavy atom. The smallest absolute Gasteiger partial charge is 0.113 e. The molecule has 0 spiro atoms. The normalized spacial score (nSPS) is 9.40. The number of hydrogen-bond donors (Lipinski definition) is 2. The molecule has 1 aromatic rings. The molecule has 1 rings (SSSR count). The molecule has 0 heterocycles. The molecule has 0 aliphatic heterocycles. The van der Waals surface area contributed by atoms with Gasteiger partial charge in [0, 0.05) is 4.47 Å². The summed E-state index contributed by atoms with van der Waals surface area (Å²) in [6, 6.07) is 7.63. The highest BCUT2D eigenvalue weighted by Crippen LogP contribution is 2.20. The first kappa shape index (κ1) is 7.57. The van der Waals surface area contributed by atoms with Crippen LogP contribution in [0.5, 0.6) is 0 Å². The molecule has 0 saturated carbocycles. The van der Waals surface area contributed by atoms with Gasteiger partial charge in [0.2, 0.25) is 0 Å². The summed E-state index contributed by atoms with van der Waals surface area (Å²) in [5.41, 5.74) is 0.907. The van der Waals surface area contributed by atoms with E-state index in [2.05, 4.69) is 21.2 Å². The molecule has 54 valence electrons. The summed E-state index contributed by atoms with van der Waals surface area (Å²) in [7, 11) is 0. The molecule has 0 fully saturated rings. The zero-order chi connectivity index (χ0) is 7.40. The van der Waals surface area contributed by atoms with Crippen molar-refractivity contribution in [3.8, 4) is 0 Å². The van der Waals surface area contributed by atoms with Crippen molar-refractivity contribution in [3.05, 3.63) is 28.7 Å². The fraction of sp³-hybridized carbons (Fsp3) is 0.143. The number of anilines is 1. The third-order valence-electron chi connectivity index (χ3n) is 1.14. The third kappa shape index (κ3) is 1.72. The molecule has 0 aliphatic carbocycles. The summed E-state index contributed by atoms with van der Waals surface area (Å²) >= 11 is 3.32. The quantitative estimate of drug-likeness (QED) is 0.716. The highest BCUT2D eigenvalue weighted by Gasteiger charge is 1.93. The van der Waals surface area contributed by atoms with E-state index in [9.17, 15) is 0 Å². The number of para-hydroxylation sites is 1. The van der Waals surface area contributed by atoms with Gasteiger partial charge in [0.15, 0.2) is 0 Å². The van der Waals surface area contributed by atoms with Gasteiger partial charge in [-0.05, 0) is 28.1 Å². The van der Waals surface area contributed by atoms with Gasteiger partial charge in [0.25, 0.3) is 0 Å². The van der Waals surface area contributed by atoms with Crippen molar-refractivity contribution in [1.29, 1.82) is 0 Å². The van der Waals surface area contributed by atoms with Crippen molar-refractivity contribution in [3.63, 3.8) is 0 Å². The monoisotopic (exact) mass is 201 g/mol. The summed E-state index contributed by atoms with van der Waals surface area (Å²) < 4.78 is 0.962. The zero-order valence-electron chi connectivity index (χ0n) is 5.34. The third-order valence-corrected chi connectivity index (χ3v) is 1.83. The Morgan fingerprint density at radius 1 is 1.40 bits per heavy atom. The minimum atomic E-state index is -0.0391. The van der Waals surface area contributed by atoms with Crippen LogP contribution in [0.3, 0.4) is 0 Å². The van der Waals surface area contributed by atoms with Gasteiger partial charge in [-0.1, -0.05) is 12.1 Å². The van der Waals surface area contributed by atoms with Crippen molar-refractivity contribution in [2.45, 2.75) is 0 Å². The van der Waals surface area contributed by atoms with Gasteiger partial charge in [0.05, 0.1) is 5.69 Å². The van der Waals surface area contributed by atoms with E-state index in [0.717, 1.165) is 10.2 Å². The number of rotatable bonds is 2. The van der Waals surface area contributed by atoms with Crippen LogP contribution in [0, 0.1) is 0 Å². The highest BCUT2D eigenvalue weighted by atomic mass is 79.9. The van der Waals surface area contributed by atoms with Crippen LogP contribution < -0.4 is 5.32 Å². The molecule has 0 saturated heterocycles. The predicted octanol–water partition coefficient (Wildman–Crippen LogP) is 1.81. The van der Waals surface area contributed by atoms with Crippen LogP contribution >= 0.6 is 15.9 Å². The first-order valence-electron chi connectivity index (χ1n) is 2.94. The van der Waals surface area contributed by atoms with E-state index >= 15 is 0 Å². The molecule has 0 unspecified atom stereocenters. The van der Waals surface area contributed by atoms with Crippen molar-refractivity contribution < 1.29 is 5.11 Å². The van der Waals surface area contributed by atoms with Crippen LogP contribution in [0.15, 0.2) is 28.7 Å². The molecule has 0 radical (unpaired) electrons. The topological polar surface area (TPSA) is 32.3 Å². The molecule has 0 atom stereocenters. The average molecular weight is 202 g/mol. The van der Waals surface area contributed by atoms with Crippen molar-refractivity contribution in [1.82, 2.24) is 0 Å². The number of halogens is 1. The van der Waals surface area contributed by atoms with E-state index < -0.39 is 0 Å². The standard InChI is InChI=1S/C7H8BrNO/c8-6-3-1-2-4-7(6)9-5-10/h1-4,9-10H,5H2. The molecule has 2 N–H and O–H groups in total. The van der Waals surface area contributed by atoms with Crippen molar-refractivity contribution in [2.24, 2.45) is 0 Å². The highest BCUT2D eigenvalue weighted by molar-refractivity contribution is 9.10. The van der Waals surface area contributed by atoms with Gasteiger partial charge in [-0.25, -0.2) is 0 Å². The second-order valence-corrected chi connectivity index (χ2v) is 2.67. The van der Waals surface area contributed by atoms with E-state index in [1.807, 2.05) is 24.3 Å². The molecule has 2 nitrogen and oxygen atoms in total. The average Bonchev–Trinajstić information content (AvgIpc) is 1.94. The number of aliphatic hydroxyl groups is 1. The van der Waals surface area contributed by atoms with E-state index in [4.69, 9.17) is 5.11 Å². The van der Waals surface area contributed by atoms with E-state index in [1.165, 1.54) is 0 Å². The fourth-order valence-electron chi connectivity index (χ4n) is 0.690. The van der Waals surface area contributed by atoms with Gasteiger partial charge >= 0.3 is 0 Å². The Morgan fingerprint density at radius 2 is 2.10 bits per heavy atom. The van der Waals surface area contributed by atoms with Gasteiger partial charge in [-0.2, -0.15) is 0 Å². The van der Waals surface area contributed by atoms with E-state index in [1.54, 1.807) is 0 Å². The number of aliphatic hydroxyl groups excluding tert-OH is 1. The van der Waals surface area contributed by atoms with Gasteiger partial charge < -0.3 is 10.4 Å². The maximum atomic E-state index is 8.51. The summed E-state index contributed by atoms with van der Waals surface area (Å²) in [5, 5.41) is 11.3. The lowest BCUT2D eigenvalue weighted by Gasteiger charge is -2.02. The van der Waals surface area contributed by atoms with Gasteiger partial charge in [-0.15, -0.1) is 0 Å². The first-order valence-corrected chi connectivity index (χ1v) is 3.73. The predicted molar refractivity (Wildman–Crippen MR) is 44.9 cm³/mol. The second kappa shape index (κ2) is 3.58. The Hall–Kier alpha value is -0.540. The molecule has 0 amide bonds. The SMILES string of the molecule is OCNc1ccccc1Br. The molecular formula is C7H8BrNO. The summed E-state index contributed by atoms with van der Waals surface area (Å²) in [5.74, 6) is 0. The molecule has 10 heavy (non-hydrogen) atoms. The largest absolute Gasteiger partial charge is 0.377 e. The lowest BCUT2D eigenvalue weighted by Crippen LogP contribution is -1.99. The van der Waals surface area contributed by atoms with Crippen molar-refractivity contribution in [2.75, 3.05) is 12.0 Å². The van der Waals surface area contributed by atoms with Crippen molar-refractivity contribution >= 4 is 21.6 Å². The number of benzene rings is 1. The Labute approximate surface area is 68.0 Å². The molecular weight excluding hydrogens is 194 g/mol. The first-order chi connectivity index (χ1) is 4.84. The van der Waals surface area contributed by atoms with Crippen LogP contribution in [0.25, 0.3) is 0 Å². The Bertz CT molecular complexity index is 215. The van der Waals surface area contributed by atoms with Crippen LogP contribution in [0.4, 0.5) is 5.69 Å². The number of hydrogen-bond acceptors (Lipinski definition) is 2. The fourth-order valence-corrected chi connectivity index (χ4v) is 1.11. The summed E-state index contributed by atoms with van der Waals surface area (Å²) in [6.07, 6.45) is 0. The molecule has 0 bridgehead atoms. The lowest BCUT2D eigenvalue weighted by molar-refractivity contribution is 0.325. The molecule has 0 aliphatic rings. The van der Waals surface area contributed by atoms with Gasteiger partial charge in [0.1, 0.15) is 6.73 Å². The Kier molecular flexibility index (Phi) is 2.71. The minimum absolute atomic E-state index is 0.0391. The van der Waals surface area contributed by atoms with Crippen LogP contribution in [0.1, 0.15) is 0 Å². The maximum absolute atomic E-state index is 8.51. The maximum Gasteiger partial charge on any atom is 0.113 e. The van der Waals surface area contributed by atoms with Gasteiger partial charge in [-0.3, -0.25) is 0 Å². The second-order valence-electron chi connectivity index (χ2n) is 1.81. The Balaban J connectivity index is 2.81. The minimum Gasteiger partial charge on any atom is -0.377 e. The molecule has 1 aromatic carbocycles. The lowest BCUT2D eigenvalue weighted by atomic mass is 10.3.